The van der Waals surface area contributed by atoms with E-state index >= 15 is 0 Å². The molecule has 16 nitrogen and oxygen atoms in total. The summed E-state index contributed by atoms with van der Waals surface area (Å²) in [6, 6.07) is -2.23. The van der Waals surface area contributed by atoms with Crippen molar-refractivity contribution in [3.05, 3.63) is 0 Å². The van der Waals surface area contributed by atoms with Gasteiger partial charge in [-0.3, -0.25) is 19.4 Å². The Morgan fingerprint density at radius 2 is 1.65 bits per heavy atom. The first kappa shape index (κ1) is 38.7. The number of rotatable bonds is 11. The molecule has 5 saturated carbocycles. The van der Waals surface area contributed by atoms with Crippen LogP contribution < -0.4 is 21.8 Å². The second-order valence-corrected chi connectivity index (χ2v) is 17.0. The summed E-state index contributed by atoms with van der Waals surface area (Å²) >= 11 is 0. The fraction of sp³-hybridized carbons (Fsp3) is 0.861. The second kappa shape index (κ2) is 14.6. The molecule has 16 heteroatoms. The lowest BCUT2D eigenvalue weighted by Gasteiger charge is -2.59. The Morgan fingerprint density at radius 3 is 2.17 bits per heavy atom. The number of carboxylic acid groups (broad SMARTS) is 2. The molecule has 2 aliphatic heterocycles. The molecule has 11 unspecified atom stereocenters. The lowest BCUT2D eigenvalue weighted by Crippen LogP contribution is -2.71. The number of guanidine groups is 1. The van der Waals surface area contributed by atoms with Gasteiger partial charge in [0, 0.05) is 52.4 Å². The van der Waals surface area contributed by atoms with Crippen LogP contribution in [-0.2, 0) is 23.9 Å². The molecular formula is C36H59N7O9. The number of aliphatic carboxylic acids is 2. The number of carbonyl (C=O) groups excluding carboxylic acids is 2. The third-order valence-electron chi connectivity index (χ3n) is 13.8. The van der Waals surface area contributed by atoms with Crippen molar-refractivity contribution in [1.29, 1.82) is 0 Å². The fourth-order valence-corrected chi connectivity index (χ4v) is 11.5. The maximum Gasteiger partial charge on any atom is 0.357 e. The SMILES string of the molecule is CCC1CNN(C(C)=O)C1C1C(N=C(N)NC2(C(=O)O)CC(O)C(N(C)C(C)=O)C(CNC(C)C34CC5CC(CC(C5)C3)C4)O2)CC(C(=O)O)C1O. The third-order valence-corrected chi connectivity index (χ3v) is 13.8. The Morgan fingerprint density at radius 1 is 1.04 bits per heavy atom. The number of carbonyl (C=O) groups is 4. The maximum atomic E-state index is 13.1. The van der Waals surface area contributed by atoms with Gasteiger partial charge in [-0.2, -0.15) is 0 Å². The van der Waals surface area contributed by atoms with Gasteiger partial charge in [0.2, 0.25) is 17.5 Å². The van der Waals surface area contributed by atoms with Crippen LogP contribution in [0, 0.1) is 40.9 Å². The molecule has 7 fully saturated rings. The van der Waals surface area contributed by atoms with Crippen LogP contribution in [0.25, 0.3) is 0 Å². The van der Waals surface area contributed by atoms with Gasteiger partial charge in [0.15, 0.2) is 5.96 Å². The van der Waals surface area contributed by atoms with E-state index < -0.39 is 72.4 Å². The summed E-state index contributed by atoms with van der Waals surface area (Å²) in [6.07, 6.45) is 3.83. The first-order chi connectivity index (χ1) is 24.5. The van der Waals surface area contributed by atoms with Crippen molar-refractivity contribution in [2.75, 3.05) is 20.1 Å². The van der Waals surface area contributed by atoms with Crippen LogP contribution in [0.1, 0.15) is 85.5 Å². The molecule has 4 bridgehead atoms. The molecule has 0 aromatic rings. The average Bonchev–Trinajstić information content (AvgIpc) is 3.62. The zero-order valence-electron chi connectivity index (χ0n) is 31.0. The summed E-state index contributed by atoms with van der Waals surface area (Å²) in [7, 11) is 1.56. The highest BCUT2D eigenvalue weighted by Gasteiger charge is 2.57. The van der Waals surface area contributed by atoms with Gasteiger partial charge in [0.25, 0.3) is 0 Å². The quantitative estimate of drug-likeness (QED) is 0.104. The number of aliphatic imine (C=N–C) groups is 1. The number of nitrogens with one attached hydrogen (secondary N) is 3. The topological polar surface area (TPSA) is 239 Å². The molecule has 9 N–H and O–H groups in total. The van der Waals surface area contributed by atoms with E-state index in [1.54, 1.807) is 7.05 Å². The molecule has 5 aliphatic carbocycles. The van der Waals surface area contributed by atoms with Gasteiger partial charge in [-0.15, -0.1) is 0 Å². The maximum absolute atomic E-state index is 13.1. The number of hydrogen-bond donors (Lipinski definition) is 8. The first-order valence-corrected chi connectivity index (χ1v) is 19.1. The van der Waals surface area contributed by atoms with Crippen LogP contribution in [0.3, 0.4) is 0 Å². The van der Waals surface area contributed by atoms with Crippen molar-refractivity contribution in [3.63, 3.8) is 0 Å². The molecule has 11 atom stereocenters. The van der Waals surface area contributed by atoms with E-state index in [0.717, 1.165) is 37.0 Å². The van der Waals surface area contributed by atoms with Crippen molar-refractivity contribution < 1.29 is 44.3 Å². The van der Waals surface area contributed by atoms with Crippen LogP contribution in [0.4, 0.5) is 0 Å². The van der Waals surface area contributed by atoms with Gasteiger partial charge in [0.1, 0.15) is 0 Å². The van der Waals surface area contributed by atoms with Crippen molar-refractivity contribution in [3.8, 4) is 0 Å². The minimum atomic E-state index is -2.25. The summed E-state index contributed by atoms with van der Waals surface area (Å²) in [5.41, 5.74) is 7.39. The Balaban J connectivity index is 1.25. The standard InChI is InChI=1S/C36H59N7O9/c1-6-23-15-39-43(19(4)45)29(23)28-25(10-24(31(28)47)32(48)49)40-34(37)41-36(33(50)51)14-26(46)30(42(5)18(3)44)27(52-36)16-38-17(2)35-11-20-7-21(12-35)9-22(8-20)13-35/h17,20-31,38-39,46-47H,6-16H2,1-5H3,(H,48,49)(H,50,51)(H3,37,40,41). The van der Waals surface area contributed by atoms with Crippen molar-refractivity contribution >= 4 is 29.7 Å². The smallest absolute Gasteiger partial charge is 0.357 e. The van der Waals surface area contributed by atoms with Gasteiger partial charge >= 0.3 is 11.9 Å². The largest absolute Gasteiger partial charge is 0.481 e. The summed E-state index contributed by atoms with van der Waals surface area (Å²) in [6.45, 7) is 7.51. The van der Waals surface area contributed by atoms with Gasteiger partial charge in [-0.25, -0.2) is 15.2 Å². The third kappa shape index (κ3) is 7.01. The molecule has 0 aromatic heterocycles. The number of nitrogens with two attached hydrogens (primary N) is 1. The van der Waals surface area contributed by atoms with E-state index in [2.05, 4.69) is 28.0 Å². The monoisotopic (exact) mass is 733 g/mol. The molecule has 52 heavy (non-hydrogen) atoms. The minimum absolute atomic E-state index is 0.0913. The van der Waals surface area contributed by atoms with Crippen molar-refractivity contribution in [2.45, 2.75) is 134 Å². The molecule has 7 aliphatic rings. The van der Waals surface area contributed by atoms with Crippen molar-refractivity contribution in [1.82, 2.24) is 26.0 Å². The molecule has 2 heterocycles. The van der Waals surface area contributed by atoms with Gasteiger partial charge in [-0.05, 0) is 87.4 Å². The average molecular weight is 734 g/mol. The Kier molecular flexibility index (Phi) is 10.9. The number of nitrogens with zero attached hydrogens (tertiary/aromatic N) is 3. The lowest BCUT2D eigenvalue weighted by molar-refractivity contribution is -0.217. The molecule has 292 valence electrons. The number of carboxylic acids is 2. The van der Waals surface area contributed by atoms with E-state index in [4.69, 9.17) is 10.5 Å². The molecule has 7 rings (SSSR count). The van der Waals surface area contributed by atoms with Gasteiger partial charge in [-0.1, -0.05) is 6.92 Å². The number of hydrazine groups is 1. The molecule has 2 saturated heterocycles. The Hall–Kier alpha value is -3.05. The van der Waals surface area contributed by atoms with Gasteiger partial charge in [0.05, 0.1) is 42.4 Å². The van der Waals surface area contributed by atoms with E-state index in [9.17, 15) is 39.6 Å². The first-order valence-electron chi connectivity index (χ1n) is 19.1. The number of likely N-dealkylation sites (N-methyl/N-ethyl adjacent to an activating group) is 1. The minimum Gasteiger partial charge on any atom is -0.481 e. The van der Waals surface area contributed by atoms with E-state index in [1.807, 2.05) is 6.92 Å². The Bertz CT molecular complexity index is 1390. The number of aliphatic hydroxyl groups is 2. The molecule has 2 amide bonds. The van der Waals surface area contributed by atoms with Crippen LogP contribution >= 0.6 is 0 Å². The highest BCUT2D eigenvalue weighted by molar-refractivity contribution is 5.87. The predicted molar refractivity (Wildman–Crippen MR) is 188 cm³/mol. The van der Waals surface area contributed by atoms with Crippen LogP contribution in [0.2, 0.25) is 0 Å². The summed E-state index contributed by atoms with van der Waals surface area (Å²) in [5, 5.41) is 51.3. The highest BCUT2D eigenvalue weighted by atomic mass is 16.6. The fourth-order valence-electron chi connectivity index (χ4n) is 11.5. The van der Waals surface area contributed by atoms with Crippen LogP contribution in [0.5, 0.6) is 0 Å². The lowest BCUT2D eigenvalue weighted by atomic mass is 9.48. The summed E-state index contributed by atoms with van der Waals surface area (Å²) in [5.74, 6) is -3.54. The van der Waals surface area contributed by atoms with E-state index in [0.29, 0.717) is 13.0 Å². The summed E-state index contributed by atoms with van der Waals surface area (Å²) < 4.78 is 6.39. The van der Waals surface area contributed by atoms with Crippen LogP contribution in [-0.4, -0.2) is 128 Å². The highest BCUT2D eigenvalue weighted by Crippen LogP contribution is 2.61. The van der Waals surface area contributed by atoms with Gasteiger partial charge < -0.3 is 46.4 Å². The van der Waals surface area contributed by atoms with Crippen molar-refractivity contribution in [2.24, 2.45) is 51.6 Å². The second-order valence-electron chi connectivity index (χ2n) is 17.0. The predicted octanol–water partition coefficient (Wildman–Crippen LogP) is 0.0745. The zero-order chi connectivity index (χ0) is 37.9. The molecule has 0 aromatic carbocycles. The van der Waals surface area contributed by atoms with Crippen LogP contribution in [0.15, 0.2) is 4.99 Å². The molecule has 0 spiro atoms. The number of aliphatic hydroxyl groups excluding tert-OH is 2. The zero-order valence-corrected chi connectivity index (χ0v) is 31.0. The normalized spacial score (nSPS) is 43.4. The number of hydrogen-bond acceptors (Lipinski definition) is 10. The van der Waals surface area contributed by atoms with E-state index in [1.165, 1.54) is 43.0 Å². The molecule has 0 radical (unpaired) electrons. The summed E-state index contributed by atoms with van der Waals surface area (Å²) in [4.78, 5) is 56.5. The Labute approximate surface area is 305 Å². The molecular weight excluding hydrogens is 674 g/mol. The number of amides is 2. The van der Waals surface area contributed by atoms with E-state index in [-0.39, 0.29) is 48.1 Å². The number of ether oxygens (including phenoxy) is 1.